The van der Waals surface area contributed by atoms with E-state index >= 15 is 0 Å². The summed E-state index contributed by atoms with van der Waals surface area (Å²) in [4.78, 5) is 11.2. The SMILES string of the molecule is COC(=O)c1ccc(Oc2ccc(Cl)cc2)cc1.F[P-](F)(F)(F)(F)F.[CH]1[CH][CH][CH][CH]1.[Fe]. The van der Waals surface area contributed by atoms with Gasteiger partial charge in [-0.3, -0.25) is 0 Å². The van der Waals surface area contributed by atoms with Crippen LogP contribution in [0.5, 0.6) is 11.5 Å². The van der Waals surface area contributed by atoms with E-state index in [4.69, 9.17) is 16.3 Å². The van der Waals surface area contributed by atoms with E-state index in [0.29, 0.717) is 22.1 Å². The van der Waals surface area contributed by atoms with Crippen LogP contribution in [0.4, 0.5) is 25.2 Å². The van der Waals surface area contributed by atoms with Gasteiger partial charge in [-0.15, -0.1) is 0 Å². The minimum absolute atomic E-state index is 0. The summed E-state index contributed by atoms with van der Waals surface area (Å²) in [5.74, 6) is 0.961. The van der Waals surface area contributed by atoms with Crippen molar-refractivity contribution in [3.63, 3.8) is 0 Å². The van der Waals surface area contributed by atoms with E-state index < -0.39 is 7.81 Å². The van der Waals surface area contributed by atoms with E-state index in [1.807, 2.05) is 32.1 Å². The number of rotatable bonds is 3. The Labute approximate surface area is 191 Å². The van der Waals surface area contributed by atoms with Crippen LogP contribution in [0, 0.1) is 32.1 Å². The summed E-state index contributed by atoms with van der Waals surface area (Å²) >= 11 is 5.78. The topological polar surface area (TPSA) is 35.5 Å². The molecule has 0 unspecified atom stereocenters. The first-order valence-electron chi connectivity index (χ1n) is 7.99. The van der Waals surface area contributed by atoms with Gasteiger partial charge in [0, 0.05) is 22.1 Å². The minimum Gasteiger partial charge on any atom is -0.0312 e. The molecule has 2 aromatic carbocycles. The fourth-order valence-corrected chi connectivity index (χ4v) is 1.86. The largest absolute Gasteiger partial charge is 0.0312 e. The predicted octanol–water partition coefficient (Wildman–Crippen LogP) is 8.32. The van der Waals surface area contributed by atoms with Crippen LogP contribution in [0.15, 0.2) is 48.5 Å². The Morgan fingerprint density at radius 2 is 1.06 bits per heavy atom. The first-order chi connectivity index (χ1) is 13.6. The summed E-state index contributed by atoms with van der Waals surface area (Å²) in [7, 11) is -9.31. The Bertz CT molecular complexity index is 793. The molecule has 0 spiro atoms. The van der Waals surface area contributed by atoms with Crippen LogP contribution in [0.25, 0.3) is 0 Å². The van der Waals surface area contributed by atoms with Gasteiger partial charge in [0.15, 0.2) is 0 Å². The van der Waals surface area contributed by atoms with Gasteiger partial charge in [-0.1, -0.05) is 11.6 Å². The summed E-state index contributed by atoms with van der Waals surface area (Å²) in [5, 5.41) is 0.656. The van der Waals surface area contributed by atoms with Gasteiger partial charge in [0.05, 0.1) is 12.7 Å². The van der Waals surface area contributed by atoms with Crippen LogP contribution in [0.1, 0.15) is 10.4 Å². The predicted molar refractivity (Wildman–Crippen MR) is 104 cm³/mol. The molecular weight excluding hydrogens is 512 g/mol. The molecule has 1 aliphatic carbocycles. The monoisotopic (exact) mass is 528 g/mol. The Balaban J connectivity index is 0.000000571. The number of hydrogen-bond acceptors (Lipinski definition) is 3. The number of hydrogen-bond donors (Lipinski definition) is 0. The molecule has 0 N–H and O–H groups in total. The minimum atomic E-state index is -10.7. The van der Waals surface area contributed by atoms with Gasteiger partial charge >= 0.3 is 39.0 Å². The molecule has 1 aliphatic rings. The van der Waals surface area contributed by atoms with Gasteiger partial charge in [0.25, 0.3) is 0 Å². The summed E-state index contributed by atoms with van der Waals surface area (Å²) in [5.41, 5.74) is 0.487. The third-order valence-electron chi connectivity index (χ3n) is 2.88. The van der Waals surface area contributed by atoms with Crippen LogP contribution in [-0.4, -0.2) is 13.1 Å². The zero-order chi connectivity index (χ0) is 22.9. The van der Waals surface area contributed by atoms with Crippen LogP contribution in [0.2, 0.25) is 5.02 Å². The maximum atomic E-state index is 11.2. The molecule has 3 nitrogen and oxygen atoms in total. The van der Waals surface area contributed by atoms with Gasteiger partial charge in [-0.25, -0.2) is 4.79 Å². The Kier molecular flexibility index (Phi) is 10.9. The molecule has 0 amide bonds. The number of esters is 1. The van der Waals surface area contributed by atoms with Crippen molar-refractivity contribution in [2.24, 2.45) is 0 Å². The first-order valence-corrected chi connectivity index (χ1v) is 10.4. The van der Waals surface area contributed by atoms with E-state index in [0.717, 1.165) is 0 Å². The molecule has 0 heterocycles. The zero-order valence-corrected chi connectivity index (χ0v) is 18.4. The standard InChI is InChI=1S/C14H11ClO3.C5H5.F6P.Fe/c1-17-14(16)10-2-6-12(7-3-10)18-13-8-4-11(15)5-9-13;1-2-4-5-3-1;1-7(2,3,4,5)6;/h2-9H,1H3;1-5H;;/q;;-1;. The normalized spacial score (nSPS) is 14.8. The number of benzene rings is 2. The van der Waals surface area contributed by atoms with Crippen LogP contribution in [0.3, 0.4) is 0 Å². The number of carbonyl (C=O) groups excluding carboxylic acids is 1. The van der Waals surface area contributed by atoms with Crippen LogP contribution < -0.4 is 4.74 Å². The molecule has 2 aromatic rings. The summed E-state index contributed by atoms with van der Waals surface area (Å²) in [6, 6.07) is 13.8. The van der Waals surface area contributed by atoms with Gasteiger partial charge in [0.1, 0.15) is 11.5 Å². The van der Waals surface area contributed by atoms with Crippen molar-refractivity contribution in [2.45, 2.75) is 0 Å². The van der Waals surface area contributed by atoms with Crippen molar-refractivity contribution in [1.29, 1.82) is 0 Å². The zero-order valence-electron chi connectivity index (χ0n) is 15.7. The Hall–Kier alpha value is -1.47. The number of ether oxygens (including phenoxy) is 2. The summed E-state index contributed by atoms with van der Waals surface area (Å²) < 4.78 is 69.4. The van der Waals surface area contributed by atoms with Gasteiger partial charge in [-0.2, -0.15) is 0 Å². The van der Waals surface area contributed by atoms with Crippen molar-refractivity contribution >= 4 is 25.4 Å². The van der Waals surface area contributed by atoms with E-state index in [2.05, 4.69) is 4.74 Å². The van der Waals surface area contributed by atoms with Crippen LogP contribution in [-0.2, 0) is 21.8 Å². The molecule has 0 atom stereocenters. The molecule has 0 aromatic heterocycles. The van der Waals surface area contributed by atoms with Crippen molar-refractivity contribution < 1.29 is 56.5 Å². The van der Waals surface area contributed by atoms with E-state index in [1.54, 1.807) is 48.5 Å². The average Bonchev–Trinajstić information content (AvgIpc) is 3.21. The molecule has 5 radical (unpaired) electrons. The number of methoxy groups -OCH3 is 1. The molecule has 0 aliphatic heterocycles. The average molecular weight is 529 g/mol. The molecule has 1 saturated carbocycles. The molecular formula is C19H16ClF6FeO3P-. The van der Waals surface area contributed by atoms with Crippen molar-refractivity contribution in [2.75, 3.05) is 7.11 Å². The molecule has 12 heteroatoms. The fourth-order valence-electron chi connectivity index (χ4n) is 1.74. The smallest absolute Gasteiger partial charge is 0 e. The second kappa shape index (κ2) is 11.4. The number of carbonyl (C=O) groups is 1. The summed E-state index contributed by atoms with van der Waals surface area (Å²) in [6.45, 7) is 0. The number of halogens is 7. The maximum absolute atomic E-state index is 11.2. The first kappa shape index (κ1) is 29.5. The maximum Gasteiger partial charge on any atom is 0 e. The Morgan fingerprint density at radius 3 is 1.39 bits per heavy atom. The van der Waals surface area contributed by atoms with E-state index in [-0.39, 0.29) is 23.0 Å². The van der Waals surface area contributed by atoms with E-state index in [9.17, 15) is 30.0 Å². The summed E-state index contributed by atoms with van der Waals surface area (Å²) in [6.07, 6.45) is 10.0. The molecule has 0 bridgehead atoms. The second-order valence-corrected chi connectivity index (χ2v) is 7.85. The van der Waals surface area contributed by atoms with Gasteiger partial charge < -0.3 is 9.47 Å². The van der Waals surface area contributed by atoms with Gasteiger partial charge in [0.2, 0.25) is 0 Å². The van der Waals surface area contributed by atoms with E-state index in [1.165, 1.54) is 7.11 Å². The quantitative estimate of drug-likeness (QED) is 0.174. The van der Waals surface area contributed by atoms with Crippen molar-refractivity contribution in [3.05, 3.63) is 91.2 Å². The molecule has 31 heavy (non-hydrogen) atoms. The molecule has 173 valence electrons. The third kappa shape index (κ3) is 17.9. The molecule has 1 fully saturated rings. The third-order valence-corrected chi connectivity index (χ3v) is 3.13. The van der Waals surface area contributed by atoms with Crippen molar-refractivity contribution in [3.8, 4) is 11.5 Å². The van der Waals surface area contributed by atoms with Crippen molar-refractivity contribution in [1.82, 2.24) is 0 Å². The van der Waals surface area contributed by atoms with Crippen LogP contribution >= 0.6 is 19.4 Å². The fraction of sp³-hybridized carbons (Fsp3) is 0.0526. The molecule has 0 saturated heterocycles. The van der Waals surface area contributed by atoms with Gasteiger partial charge in [-0.05, 0) is 80.6 Å². The second-order valence-electron chi connectivity index (χ2n) is 5.49. The molecule has 3 rings (SSSR count). The Morgan fingerprint density at radius 1 is 0.742 bits per heavy atom.